The number of esters is 1. The first-order chi connectivity index (χ1) is 7.58. The van der Waals surface area contributed by atoms with Gasteiger partial charge in [0.25, 0.3) is 0 Å². The van der Waals surface area contributed by atoms with Gasteiger partial charge in [-0.15, -0.1) is 0 Å². The second-order valence-corrected chi connectivity index (χ2v) is 3.89. The van der Waals surface area contributed by atoms with Crippen molar-refractivity contribution in [1.29, 1.82) is 0 Å². The van der Waals surface area contributed by atoms with Crippen LogP contribution < -0.4 is 4.74 Å². The summed E-state index contributed by atoms with van der Waals surface area (Å²) in [6.07, 6.45) is 0.141. The molecular formula is C11H12Cl2O3. The molecule has 0 fully saturated rings. The predicted molar refractivity (Wildman–Crippen MR) is 63.4 cm³/mol. The summed E-state index contributed by atoms with van der Waals surface area (Å²) in [6, 6.07) is 3.30. The summed E-state index contributed by atoms with van der Waals surface area (Å²) in [5.41, 5.74) is 0.699. The monoisotopic (exact) mass is 262 g/mol. The zero-order valence-electron chi connectivity index (χ0n) is 9.05. The first kappa shape index (κ1) is 13.1. The van der Waals surface area contributed by atoms with E-state index in [1.54, 1.807) is 12.1 Å². The molecule has 5 heteroatoms. The first-order valence-electron chi connectivity index (χ1n) is 4.76. The molecule has 0 aliphatic rings. The van der Waals surface area contributed by atoms with Crippen LogP contribution in [0.15, 0.2) is 12.1 Å². The van der Waals surface area contributed by atoms with Crippen LogP contribution in [0.4, 0.5) is 0 Å². The third kappa shape index (κ3) is 3.29. The Morgan fingerprint density at radius 2 is 1.88 bits per heavy atom. The van der Waals surface area contributed by atoms with E-state index < -0.39 is 0 Å². The van der Waals surface area contributed by atoms with Crippen molar-refractivity contribution >= 4 is 29.2 Å². The third-order valence-corrected chi connectivity index (χ3v) is 2.48. The van der Waals surface area contributed by atoms with Gasteiger partial charge in [-0.05, 0) is 24.6 Å². The first-order valence-corrected chi connectivity index (χ1v) is 5.51. The highest BCUT2D eigenvalue weighted by atomic mass is 35.5. The van der Waals surface area contributed by atoms with E-state index in [9.17, 15) is 4.79 Å². The van der Waals surface area contributed by atoms with Crippen molar-refractivity contribution in [1.82, 2.24) is 0 Å². The zero-order valence-corrected chi connectivity index (χ0v) is 10.6. The lowest BCUT2D eigenvalue weighted by atomic mass is 10.1. The van der Waals surface area contributed by atoms with Crippen LogP contribution in [0.5, 0.6) is 5.75 Å². The lowest BCUT2D eigenvalue weighted by Crippen LogP contribution is -2.04. The standard InChI is InChI=1S/C11H12Cl2O3/c1-3-16-11-8(12)4-7(5-9(11)13)6-10(14)15-2/h4-5H,3,6H2,1-2H3. The van der Waals surface area contributed by atoms with Gasteiger partial charge in [0.1, 0.15) is 0 Å². The summed E-state index contributed by atoms with van der Waals surface area (Å²) in [7, 11) is 1.33. The van der Waals surface area contributed by atoms with Crippen LogP contribution in [-0.4, -0.2) is 19.7 Å². The van der Waals surface area contributed by atoms with Crippen LogP contribution in [-0.2, 0) is 16.0 Å². The number of ether oxygens (including phenoxy) is 2. The van der Waals surface area contributed by atoms with Crippen molar-refractivity contribution in [3.63, 3.8) is 0 Å². The van der Waals surface area contributed by atoms with Crippen LogP contribution in [0.25, 0.3) is 0 Å². The molecule has 0 bridgehead atoms. The Bertz CT molecular complexity index is 368. The number of hydrogen-bond acceptors (Lipinski definition) is 3. The molecule has 0 aliphatic carbocycles. The van der Waals surface area contributed by atoms with Gasteiger partial charge >= 0.3 is 5.97 Å². The van der Waals surface area contributed by atoms with Crippen molar-refractivity contribution in [3.05, 3.63) is 27.7 Å². The third-order valence-electron chi connectivity index (χ3n) is 1.92. The van der Waals surface area contributed by atoms with E-state index >= 15 is 0 Å². The molecule has 0 aliphatic heterocycles. The van der Waals surface area contributed by atoms with Crippen LogP contribution in [0, 0.1) is 0 Å². The van der Waals surface area contributed by atoms with Crippen molar-refractivity contribution in [2.75, 3.05) is 13.7 Å². The average Bonchev–Trinajstić information content (AvgIpc) is 2.23. The lowest BCUT2D eigenvalue weighted by molar-refractivity contribution is -0.139. The van der Waals surface area contributed by atoms with Gasteiger partial charge in [-0.1, -0.05) is 23.2 Å². The topological polar surface area (TPSA) is 35.5 Å². The van der Waals surface area contributed by atoms with Gasteiger partial charge in [0.15, 0.2) is 5.75 Å². The second-order valence-electron chi connectivity index (χ2n) is 3.07. The number of benzene rings is 1. The normalized spacial score (nSPS) is 10.0. The molecular weight excluding hydrogens is 251 g/mol. The van der Waals surface area contributed by atoms with Crippen LogP contribution in [0.1, 0.15) is 12.5 Å². The minimum atomic E-state index is -0.337. The van der Waals surface area contributed by atoms with Gasteiger partial charge in [0, 0.05) is 0 Å². The van der Waals surface area contributed by atoms with E-state index in [1.807, 2.05) is 6.92 Å². The Hall–Kier alpha value is -0.930. The summed E-state index contributed by atoms with van der Waals surface area (Å²) in [5.74, 6) is 0.107. The lowest BCUT2D eigenvalue weighted by Gasteiger charge is -2.09. The molecule has 16 heavy (non-hydrogen) atoms. The summed E-state index contributed by atoms with van der Waals surface area (Å²) < 4.78 is 9.83. The molecule has 0 amide bonds. The second kappa shape index (κ2) is 5.97. The van der Waals surface area contributed by atoms with E-state index in [0.717, 1.165) is 0 Å². The minimum absolute atomic E-state index is 0.141. The molecule has 0 saturated heterocycles. The van der Waals surface area contributed by atoms with Gasteiger partial charge in [-0.3, -0.25) is 4.79 Å². The van der Waals surface area contributed by atoms with Gasteiger partial charge in [0.05, 0.1) is 30.2 Å². The molecule has 0 saturated carbocycles. The number of carbonyl (C=O) groups excluding carboxylic acids is 1. The van der Waals surface area contributed by atoms with E-state index in [2.05, 4.69) is 4.74 Å². The quantitative estimate of drug-likeness (QED) is 0.783. The molecule has 1 aromatic rings. The van der Waals surface area contributed by atoms with Crippen LogP contribution in [0.3, 0.4) is 0 Å². The minimum Gasteiger partial charge on any atom is -0.491 e. The van der Waals surface area contributed by atoms with Gasteiger partial charge < -0.3 is 9.47 Å². The largest absolute Gasteiger partial charge is 0.491 e. The zero-order chi connectivity index (χ0) is 12.1. The van der Waals surface area contributed by atoms with Crippen molar-refractivity contribution < 1.29 is 14.3 Å². The molecule has 1 rings (SSSR count). The summed E-state index contributed by atoms with van der Waals surface area (Å²) in [5, 5.41) is 0.793. The molecule has 0 radical (unpaired) electrons. The van der Waals surface area contributed by atoms with Gasteiger partial charge in [-0.2, -0.15) is 0 Å². The van der Waals surface area contributed by atoms with Crippen molar-refractivity contribution in [2.24, 2.45) is 0 Å². The van der Waals surface area contributed by atoms with E-state index in [4.69, 9.17) is 27.9 Å². The molecule has 0 aromatic heterocycles. The molecule has 0 unspecified atom stereocenters. The number of methoxy groups -OCH3 is 1. The molecule has 3 nitrogen and oxygen atoms in total. The maximum absolute atomic E-state index is 11.1. The number of rotatable bonds is 4. The molecule has 0 heterocycles. The summed E-state index contributed by atoms with van der Waals surface area (Å²) >= 11 is 12.0. The molecule has 0 atom stereocenters. The smallest absolute Gasteiger partial charge is 0.309 e. The van der Waals surface area contributed by atoms with Gasteiger partial charge in [0.2, 0.25) is 0 Å². The highest BCUT2D eigenvalue weighted by Gasteiger charge is 2.11. The fraction of sp³-hybridized carbons (Fsp3) is 0.364. The van der Waals surface area contributed by atoms with Crippen LogP contribution >= 0.6 is 23.2 Å². The average molecular weight is 263 g/mol. The maximum Gasteiger partial charge on any atom is 0.309 e. The number of halogens is 2. The maximum atomic E-state index is 11.1. The summed E-state index contributed by atoms with van der Waals surface area (Å²) in [6.45, 7) is 2.32. The molecule has 0 N–H and O–H groups in total. The molecule has 88 valence electrons. The van der Waals surface area contributed by atoms with E-state index in [-0.39, 0.29) is 12.4 Å². The molecule has 0 spiro atoms. The predicted octanol–water partition coefficient (Wildman–Crippen LogP) is 3.11. The Balaban J connectivity index is 2.95. The highest BCUT2D eigenvalue weighted by Crippen LogP contribution is 2.34. The number of carbonyl (C=O) groups is 1. The highest BCUT2D eigenvalue weighted by molar-refractivity contribution is 6.37. The SMILES string of the molecule is CCOc1c(Cl)cc(CC(=O)OC)cc1Cl. The van der Waals surface area contributed by atoms with Crippen LogP contribution in [0.2, 0.25) is 10.0 Å². The van der Waals surface area contributed by atoms with E-state index in [1.165, 1.54) is 7.11 Å². The Labute approximate surface area is 104 Å². The Morgan fingerprint density at radius 1 is 1.31 bits per heavy atom. The Kier molecular flexibility index (Phi) is 4.90. The fourth-order valence-electron chi connectivity index (χ4n) is 1.24. The number of hydrogen-bond donors (Lipinski definition) is 0. The van der Waals surface area contributed by atoms with Crippen molar-refractivity contribution in [3.8, 4) is 5.75 Å². The molecule has 1 aromatic carbocycles. The Morgan fingerprint density at radius 3 is 2.31 bits per heavy atom. The van der Waals surface area contributed by atoms with Crippen molar-refractivity contribution in [2.45, 2.75) is 13.3 Å². The summed E-state index contributed by atoms with van der Waals surface area (Å²) in [4.78, 5) is 11.1. The van der Waals surface area contributed by atoms with Gasteiger partial charge in [-0.25, -0.2) is 0 Å². The fourth-order valence-corrected chi connectivity index (χ4v) is 1.88. The van der Waals surface area contributed by atoms with E-state index in [0.29, 0.717) is 28.0 Å².